The molecule has 0 amide bonds. The number of nitrogens with one attached hydrogen (secondary N) is 1. The third-order valence-electron chi connectivity index (χ3n) is 1.45. The molecule has 0 atom stereocenters. The van der Waals surface area contributed by atoms with E-state index in [1.165, 1.54) is 0 Å². The Hall–Kier alpha value is -0.0800. The normalized spacial score (nSPS) is 11.2. The molecular weight excluding hydrogens is 186 g/mol. The van der Waals surface area contributed by atoms with Gasteiger partial charge in [0.25, 0.3) is 0 Å². The number of hydrogen-bond acceptors (Lipinski definition) is 2. The van der Waals surface area contributed by atoms with E-state index in [9.17, 15) is 4.79 Å². The Morgan fingerprint density at radius 3 is 2.08 bits per heavy atom. The highest BCUT2D eigenvalue weighted by atomic mass is 35.5. The molecular formula is C10H22ClNO. The zero-order valence-electron chi connectivity index (χ0n) is 9.31. The maximum absolute atomic E-state index is 11.2. The highest BCUT2D eigenvalue weighted by Crippen LogP contribution is 2.01. The van der Waals surface area contributed by atoms with Gasteiger partial charge in [-0.1, -0.05) is 13.8 Å². The summed E-state index contributed by atoms with van der Waals surface area (Å²) in [6, 6.07) is 0. The van der Waals surface area contributed by atoms with Crippen LogP contribution in [0.25, 0.3) is 0 Å². The van der Waals surface area contributed by atoms with Crippen LogP contribution in [-0.2, 0) is 4.79 Å². The van der Waals surface area contributed by atoms with Gasteiger partial charge in [-0.25, -0.2) is 0 Å². The van der Waals surface area contributed by atoms with E-state index < -0.39 is 0 Å². The van der Waals surface area contributed by atoms with E-state index in [1.807, 2.05) is 0 Å². The van der Waals surface area contributed by atoms with Gasteiger partial charge in [0.15, 0.2) is 0 Å². The lowest BCUT2D eigenvalue weighted by molar-refractivity contribution is -0.119. The minimum Gasteiger partial charge on any atom is -0.305 e. The highest BCUT2D eigenvalue weighted by molar-refractivity contribution is 5.85. The summed E-state index contributed by atoms with van der Waals surface area (Å²) in [6.07, 6.45) is 0.684. The van der Waals surface area contributed by atoms with Crippen LogP contribution in [0, 0.1) is 5.92 Å². The smallest absolute Gasteiger partial charge is 0.146 e. The predicted molar refractivity (Wildman–Crippen MR) is 59.5 cm³/mol. The molecule has 0 aromatic rings. The third kappa shape index (κ3) is 11.9. The fourth-order valence-corrected chi connectivity index (χ4v) is 0.891. The summed E-state index contributed by atoms with van der Waals surface area (Å²) in [4.78, 5) is 11.2. The molecule has 0 spiro atoms. The Balaban J connectivity index is 0. The first kappa shape index (κ1) is 15.4. The van der Waals surface area contributed by atoms with Crippen LogP contribution in [0.3, 0.4) is 0 Å². The minimum atomic E-state index is 0. The van der Waals surface area contributed by atoms with E-state index in [-0.39, 0.29) is 17.9 Å². The van der Waals surface area contributed by atoms with Gasteiger partial charge < -0.3 is 5.32 Å². The molecule has 0 aromatic carbocycles. The molecule has 0 rings (SSSR count). The predicted octanol–water partition coefficient (Wildman–Crippen LogP) is 2.41. The van der Waals surface area contributed by atoms with E-state index in [4.69, 9.17) is 0 Å². The number of ketones is 1. The number of carbonyl (C=O) groups is 1. The molecule has 0 fully saturated rings. The first-order valence-corrected chi connectivity index (χ1v) is 4.58. The van der Waals surface area contributed by atoms with Gasteiger partial charge >= 0.3 is 0 Å². The van der Waals surface area contributed by atoms with Gasteiger partial charge in [0, 0.05) is 12.0 Å². The van der Waals surface area contributed by atoms with Gasteiger partial charge in [-0.05, 0) is 26.7 Å². The van der Waals surface area contributed by atoms with Crippen LogP contribution in [0.4, 0.5) is 0 Å². The fraction of sp³-hybridized carbons (Fsp3) is 0.900. The van der Waals surface area contributed by atoms with Crippen LogP contribution < -0.4 is 5.32 Å². The molecule has 0 unspecified atom stereocenters. The molecule has 0 saturated carbocycles. The lowest BCUT2D eigenvalue weighted by Crippen LogP contribution is -2.39. The van der Waals surface area contributed by atoms with E-state index in [2.05, 4.69) is 39.9 Å². The van der Waals surface area contributed by atoms with Crippen LogP contribution in [0.2, 0.25) is 0 Å². The Labute approximate surface area is 87.9 Å². The Morgan fingerprint density at radius 1 is 1.31 bits per heavy atom. The Kier molecular flexibility index (Phi) is 7.56. The molecule has 80 valence electrons. The van der Waals surface area contributed by atoms with Crippen molar-refractivity contribution in [3.05, 3.63) is 0 Å². The molecule has 0 aliphatic carbocycles. The SMILES string of the molecule is CC(C)CC(=O)CNC(C)(C)C.Cl. The molecule has 0 radical (unpaired) electrons. The zero-order chi connectivity index (χ0) is 9.78. The van der Waals surface area contributed by atoms with E-state index in [1.54, 1.807) is 0 Å². The number of halogens is 1. The number of carbonyl (C=O) groups excluding carboxylic acids is 1. The Bertz CT molecular complexity index is 149. The maximum Gasteiger partial charge on any atom is 0.146 e. The molecule has 13 heavy (non-hydrogen) atoms. The summed E-state index contributed by atoms with van der Waals surface area (Å²) in [5.41, 5.74) is 0.0483. The van der Waals surface area contributed by atoms with Gasteiger partial charge in [-0.15, -0.1) is 12.4 Å². The van der Waals surface area contributed by atoms with Crippen molar-refractivity contribution >= 4 is 18.2 Å². The standard InChI is InChI=1S/C10H21NO.ClH/c1-8(2)6-9(12)7-11-10(3,4)5;/h8,11H,6-7H2,1-5H3;1H. The molecule has 0 aromatic heterocycles. The van der Waals surface area contributed by atoms with Crippen molar-refractivity contribution < 1.29 is 4.79 Å². The van der Waals surface area contributed by atoms with E-state index >= 15 is 0 Å². The fourth-order valence-electron chi connectivity index (χ4n) is 0.891. The quantitative estimate of drug-likeness (QED) is 0.767. The molecule has 0 bridgehead atoms. The highest BCUT2D eigenvalue weighted by Gasteiger charge is 2.11. The van der Waals surface area contributed by atoms with Crippen LogP contribution >= 0.6 is 12.4 Å². The number of Topliss-reactive ketones (excluding diaryl/α,β-unsaturated/α-hetero) is 1. The van der Waals surface area contributed by atoms with Crippen molar-refractivity contribution in [2.75, 3.05) is 6.54 Å². The van der Waals surface area contributed by atoms with Crippen molar-refractivity contribution in [3.8, 4) is 0 Å². The second-order valence-corrected chi connectivity index (χ2v) is 4.74. The molecule has 3 heteroatoms. The molecule has 2 nitrogen and oxygen atoms in total. The van der Waals surface area contributed by atoms with Crippen LogP contribution in [-0.4, -0.2) is 17.9 Å². The first-order valence-electron chi connectivity index (χ1n) is 4.58. The van der Waals surface area contributed by atoms with Crippen LogP contribution in [0.15, 0.2) is 0 Å². The lowest BCUT2D eigenvalue weighted by Gasteiger charge is -2.20. The Morgan fingerprint density at radius 2 is 1.77 bits per heavy atom. The molecule has 0 heterocycles. The summed E-state index contributed by atoms with van der Waals surface area (Å²) in [5, 5.41) is 3.18. The van der Waals surface area contributed by atoms with E-state index in [0.717, 1.165) is 0 Å². The largest absolute Gasteiger partial charge is 0.305 e. The summed E-state index contributed by atoms with van der Waals surface area (Å²) in [7, 11) is 0. The monoisotopic (exact) mass is 207 g/mol. The van der Waals surface area contributed by atoms with Crippen LogP contribution in [0.1, 0.15) is 41.0 Å². The summed E-state index contributed by atoms with van der Waals surface area (Å²) >= 11 is 0. The molecule has 0 saturated heterocycles. The van der Waals surface area contributed by atoms with Gasteiger partial charge in [0.2, 0.25) is 0 Å². The van der Waals surface area contributed by atoms with Crippen molar-refractivity contribution in [1.82, 2.24) is 5.32 Å². The van der Waals surface area contributed by atoms with Crippen molar-refractivity contribution in [1.29, 1.82) is 0 Å². The first-order chi connectivity index (χ1) is 5.31. The van der Waals surface area contributed by atoms with Crippen molar-refractivity contribution in [2.45, 2.75) is 46.6 Å². The molecule has 1 N–H and O–H groups in total. The molecule has 0 aliphatic heterocycles. The van der Waals surface area contributed by atoms with Crippen LogP contribution in [0.5, 0.6) is 0 Å². The second kappa shape index (κ2) is 6.39. The average molecular weight is 208 g/mol. The zero-order valence-corrected chi connectivity index (χ0v) is 10.1. The van der Waals surface area contributed by atoms with Crippen molar-refractivity contribution in [3.63, 3.8) is 0 Å². The summed E-state index contributed by atoms with van der Waals surface area (Å²) < 4.78 is 0. The number of hydrogen-bond donors (Lipinski definition) is 1. The van der Waals surface area contributed by atoms with Gasteiger partial charge in [0.1, 0.15) is 5.78 Å². The number of rotatable bonds is 4. The molecule has 0 aliphatic rings. The summed E-state index contributed by atoms with van der Waals surface area (Å²) in [6.45, 7) is 10.8. The van der Waals surface area contributed by atoms with Gasteiger partial charge in [-0.2, -0.15) is 0 Å². The average Bonchev–Trinajstić information content (AvgIpc) is 1.80. The summed E-state index contributed by atoms with van der Waals surface area (Å²) in [5.74, 6) is 0.777. The topological polar surface area (TPSA) is 29.1 Å². The lowest BCUT2D eigenvalue weighted by atomic mass is 10.1. The third-order valence-corrected chi connectivity index (χ3v) is 1.45. The van der Waals surface area contributed by atoms with Gasteiger partial charge in [0.05, 0.1) is 6.54 Å². The van der Waals surface area contributed by atoms with Crippen molar-refractivity contribution in [2.24, 2.45) is 5.92 Å². The van der Waals surface area contributed by atoms with E-state index in [0.29, 0.717) is 24.7 Å². The second-order valence-electron chi connectivity index (χ2n) is 4.74. The van der Waals surface area contributed by atoms with Gasteiger partial charge in [-0.3, -0.25) is 4.79 Å². The minimum absolute atomic E-state index is 0. The maximum atomic E-state index is 11.2.